The minimum Gasteiger partial charge on any atom is -0.342 e. The zero-order valence-corrected chi connectivity index (χ0v) is 17.0. The summed E-state index contributed by atoms with van der Waals surface area (Å²) >= 11 is 0. The molecule has 1 N–H and O–H groups in total. The second-order valence-corrected chi connectivity index (χ2v) is 7.49. The molecule has 5 nitrogen and oxygen atoms in total. The van der Waals surface area contributed by atoms with Crippen molar-refractivity contribution in [2.45, 2.75) is 13.1 Å². The normalized spacial score (nSPS) is 11.0. The van der Waals surface area contributed by atoms with Crippen LogP contribution >= 0.6 is 0 Å². The molecule has 0 saturated heterocycles. The van der Waals surface area contributed by atoms with Crippen molar-refractivity contribution >= 4 is 22.5 Å². The fraction of sp³-hybridized carbons (Fsp3) is 0.0769. The third kappa shape index (κ3) is 3.98. The van der Waals surface area contributed by atoms with Crippen molar-refractivity contribution in [1.29, 1.82) is 0 Å². The monoisotopic (exact) mass is 406 g/mol. The minimum atomic E-state index is -0.115. The molecule has 0 atom stereocenters. The van der Waals surface area contributed by atoms with E-state index in [-0.39, 0.29) is 5.91 Å². The van der Waals surface area contributed by atoms with Crippen LogP contribution in [-0.4, -0.2) is 20.3 Å². The summed E-state index contributed by atoms with van der Waals surface area (Å²) in [6.45, 7) is 1.31. The molecule has 0 saturated carbocycles. The van der Waals surface area contributed by atoms with E-state index >= 15 is 0 Å². The van der Waals surface area contributed by atoms with Gasteiger partial charge >= 0.3 is 0 Å². The van der Waals surface area contributed by atoms with Crippen molar-refractivity contribution in [3.63, 3.8) is 0 Å². The lowest BCUT2D eigenvalue weighted by molar-refractivity contribution is 0.102. The Hall–Kier alpha value is -4.12. The first-order chi connectivity index (χ1) is 15.3. The van der Waals surface area contributed by atoms with Crippen molar-refractivity contribution in [1.82, 2.24) is 14.3 Å². The maximum atomic E-state index is 13.3. The molecule has 3 aromatic carbocycles. The second kappa shape index (κ2) is 8.32. The maximum absolute atomic E-state index is 13.3. The third-order valence-corrected chi connectivity index (χ3v) is 5.39. The highest BCUT2D eigenvalue weighted by Crippen LogP contribution is 2.24. The maximum Gasteiger partial charge on any atom is 0.257 e. The van der Waals surface area contributed by atoms with Gasteiger partial charge in [-0.05, 0) is 29.3 Å². The highest BCUT2D eigenvalue weighted by atomic mass is 16.1. The fourth-order valence-electron chi connectivity index (χ4n) is 3.88. The molecule has 5 rings (SSSR count). The van der Waals surface area contributed by atoms with Crippen LogP contribution in [-0.2, 0) is 13.1 Å². The van der Waals surface area contributed by atoms with Crippen molar-refractivity contribution < 1.29 is 4.79 Å². The molecule has 2 aromatic heterocycles. The number of hydrogen-bond donors (Lipinski definition) is 1. The topological polar surface area (TPSA) is 51.9 Å². The summed E-state index contributed by atoms with van der Waals surface area (Å²) < 4.78 is 3.98. The van der Waals surface area contributed by atoms with Gasteiger partial charge in [-0.2, -0.15) is 5.10 Å². The Labute approximate surface area is 180 Å². The van der Waals surface area contributed by atoms with E-state index in [2.05, 4.69) is 33.2 Å². The van der Waals surface area contributed by atoms with E-state index in [4.69, 9.17) is 0 Å². The lowest BCUT2D eigenvalue weighted by Gasteiger charge is -2.11. The van der Waals surface area contributed by atoms with Gasteiger partial charge < -0.3 is 9.88 Å². The number of fused-ring (bicyclic) bond motifs is 1. The Morgan fingerprint density at radius 1 is 0.839 bits per heavy atom. The van der Waals surface area contributed by atoms with Crippen LogP contribution in [0.5, 0.6) is 0 Å². The van der Waals surface area contributed by atoms with E-state index in [1.54, 1.807) is 6.20 Å². The molecule has 31 heavy (non-hydrogen) atoms. The molecule has 152 valence electrons. The first-order valence-electron chi connectivity index (χ1n) is 10.3. The number of para-hydroxylation sites is 2. The molecule has 0 bridgehead atoms. The fourth-order valence-corrected chi connectivity index (χ4v) is 3.88. The van der Waals surface area contributed by atoms with E-state index in [0.717, 1.165) is 22.2 Å². The summed E-state index contributed by atoms with van der Waals surface area (Å²) in [4.78, 5) is 13.3. The van der Waals surface area contributed by atoms with Crippen LogP contribution in [0.4, 0.5) is 5.69 Å². The Kier molecular flexibility index (Phi) is 5.07. The van der Waals surface area contributed by atoms with Gasteiger partial charge in [0.25, 0.3) is 5.91 Å². The van der Waals surface area contributed by atoms with E-state index in [0.29, 0.717) is 18.7 Å². The van der Waals surface area contributed by atoms with Crippen LogP contribution < -0.4 is 5.32 Å². The van der Waals surface area contributed by atoms with Crippen LogP contribution in [0.3, 0.4) is 0 Å². The Balaban J connectivity index is 1.46. The first-order valence-corrected chi connectivity index (χ1v) is 10.3. The molecule has 0 fully saturated rings. The van der Waals surface area contributed by atoms with Gasteiger partial charge in [0.15, 0.2) is 0 Å². The molecule has 2 heterocycles. The summed E-state index contributed by atoms with van der Waals surface area (Å²) in [5, 5.41) is 8.33. The number of carbonyl (C=O) groups excluding carboxylic acids is 1. The predicted molar refractivity (Wildman–Crippen MR) is 123 cm³/mol. The molecular formula is C26H22N4O. The van der Waals surface area contributed by atoms with Crippen molar-refractivity contribution in [3.8, 4) is 0 Å². The summed E-state index contributed by atoms with van der Waals surface area (Å²) in [5.41, 5.74) is 4.71. The average molecular weight is 406 g/mol. The van der Waals surface area contributed by atoms with Crippen LogP contribution in [0.15, 0.2) is 104 Å². The molecule has 0 aliphatic carbocycles. The SMILES string of the molecule is O=C(Nc1ccccc1Cn1cccn1)c1cn(Cc2ccccc2)c2ccccc12. The largest absolute Gasteiger partial charge is 0.342 e. The number of aromatic nitrogens is 3. The summed E-state index contributed by atoms with van der Waals surface area (Å²) in [6.07, 6.45) is 5.61. The molecule has 0 aliphatic heterocycles. The van der Waals surface area contributed by atoms with Crippen molar-refractivity contribution in [2.75, 3.05) is 5.32 Å². The second-order valence-electron chi connectivity index (χ2n) is 7.49. The lowest BCUT2D eigenvalue weighted by Crippen LogP contribution is -2.14. The van der Waals surface area contributed by atoms with E-state index < -0.39 is 0 Å². The van der Waals surface area contributed by atoms with Crippen LogP contribution in [0.2, 0.25) is 0 Å². The molecule has 0 unspecified atom stereocenters. The summed E-state index contributed by atoms with van der Waals surface area (Å²) in [6, 6.07) is 28.0. The molecule has 0 aliphatic rings. The number of rotatable bonds is 6. The standard InChI is InChI=1S/C26H22N4O/c31-26(28-24-13-6-4-11-21(24)18-30-16-8-15-27-30)23-19-29(17-20-9-2-1-3-10-20)25-14-7-5-12-22(23)25/h1-16,19H,17-18H2,(H,28,31). The average Bonchev–Trinajstić information content (AvgIpc) is 3.44. The number of nitrogens with zero attached hydrogens (tertiary/aromatic N) is 3. The highest BCUT2D eigenvalue weighted by Gasteiger charge is 2.16. The number of amides is 1. The number of carbonyl (C=O) groups is 1. The summed E-state index contributed by atoms with van der Waals surface area (Å²) in [7, 11) is 0. The van der Waals surface area contributed by atoms with Gasteiger partial charge in [-0.3, -0.25) is 9.48 Å². The number of anilines is 1. The van der Waals surface area contributed by atoms with Crippen molar-refractivity contribution in [2.24, 2.45) is 0 Å². The lowest BCUT2D eigenvalue weighted by atomic mass is 10.1. The van der Waals surface area contributed by atoms with Crippen LogP contribution in [0.25, 0.3) is 10.9 Å². The Bertz CT molecular complexity index is 1320. The quantitative estimate of drug-likeness (QED) is 0.422. The molecule has 0 radical (unpaired) electrons. The van der Waals surface area contributed by atoms with Gasteiger partial charge in [-0.15, -0.1) is 0 Å². The van der Waals surface area contributed by atoms with Gasteiger partial charge in [0.05, 0.1) is 12.1 Å². The summed E-state index contributed by atoms with van der Waals surface area (Å²) in [5.74, 6) is -0.115. The van der Waals surface area contributed by atoms with Crippen LogP contribution in [0, 0.1) is 0 Å². The predicted octanol–water partition coefficient (Wildman–Crippen LogP) is 5.19. The molecular weight excluding hydrogens is 384 g/mol. The van der Waals surface area contributed by atoms with E-state index in [9.17, 15) is 4.79 Å². The zero-order chi connectivity index (χ0) is 21.0. The first kappa shape index (κ1) is 18.9. The van der Waals surface area contributed by atoms with Gasteiger partial charge in [-0.25, -0.2) is 0 Å². The van der Waals surface area contributed by atoms with Gasteiger partial charge in [-0.1, -0.05) is 66.7 Å². The third-order valence-electron chi connectivity index (χ3n) is 5.39. The van der Waals surface area contributed by atoms with Gasteiger partial charge in [0, 0.05) is 41.7 Å². The molecule has 5 aromatic rings. The Morgan fingerprint density at radius 2 is 1.61 bits per heavy atom. The van der Waals surface area contributed by atoms with Gasteiger partial charge in [0.2, 0.25) is 0 Å². The number of hydrogen-bond acceptors (Lipinski definition) is 2. The van der Waals surface area contributed by atoms with E-state index in [1.165, 1.54) is 5.56 Å². The Morgan fingerprint density at radius 3 is 2.45 bits per heavy atom. The molecule has 1 amide bonds. The van der Waals surface area contributed by atoms with Gasteiger partial charge in [0.1, 0.15) is 0 Å². The highest BCUT2D eigenvalue weighted by molar-refractivity contribution is 6.13. The zero-order valence-electron chi connectivity index (χ0n) is 17.0. The smallest absolute Gasteiger partial charge is 0.257 e. The molecule has 5 heteroatoms. The minimum absolute atomic E-state index is 0.115. The van der Waals surface area contributed by atoms with Crippen LogP contribution in [0.1, 0.15) is 21.5 Å². The number of nitrogens with one attached hydrogen (secondary N) is 1. The molecule has 0 spiro atoms. The van der Waals surface area contributed by atoms with E-state index in [1.807, 2.05) is 83.8 Å². The number of benzene rings is 3. The van der Waals surface area contributed by atoms with Crippen molar-refractivity contribution in [3.05, 3.63) is 120 Å².